The first-order valence-electron chi connectivity index (χ1n) is 6.15. The Kier molecular flexibility index (Phi) is 4.74. The lowest BCUT2D eigenvalue weighted by atomic mass is 10.0. The van der Waals surface area contributed by atoms with Crippen LogP contribution in [0.3, 0.4) is 0 Å². The van der Waals surface area contributed by atoms with Gasteiger partial charge >= 0.3 is 0 Å². The number of hydrogen-bond donors (Lipinski definition) is 0. The van der Waals surface area contributed by atoms with Crippen molar-refractivity contribution in [3.05, 3.63) is 48.0 Å². The highest BCUT2D eigenvalue weighted by molar-refractivity contribution is 5.87. The molecule has 0 saturated heterocycles. The van der Waals surface area contributed by atoms with Crippen molar-refractivity contribution < 1.29 is 19.0 Å². The van der Waals surface area contributed by atoms with Gasteiger partial charge in [-0.2, -0.15) is 0 Å². The second kappa shape index (κ2) is 6.73. The van der Waals surface area contributed by atoms with E-state index >= 15 is 0 Å². The first kappa shape index (κ1) is 14.1. The Morgan fingerprint density at radius 3 is 2.45 bits per heavy atom. The Bertz CT molecular complexity index is 593. The number of aldehydes is 1. The number of ether oxygens (including phenoxy) is 3. The molecule has 0 heterocycles. The fraction of sp³-hybridized carbons (Fsp3) is 0.188. The van der Waals surface area contributed by atoms with Crippen LogP contribution in [0.5, 0.6) is 11.5 Å². The number of benzene rings is 2. The van der Waals surface area contributed by atoms with Crippen molar-refractivity contribution in [2.24, 2.45) is 0 Å². The van der Waals surface area contributed by atoms with Gasteiger partial charge in [-0.05, 0) is 12.1 Å². The average Bonchev–Trinajstić information content (AvgIpc) is 2.52. The summed E-state index contributed by atoms with van der Waals surface area (Å²) in [4.78, 5) is 11.1. The van der Waals surface area contributed by atoms with Gasteiger partial charge in [0.2, 0.25) is 0 Å². The normalized spacial score (nSPS) is 10.1. The molecule has 0 unspecified atom stereocenters. The van der Waals surface area contributed by atoms with Gasteiger partial charge in [-0.25, -0.2) is 0 Å². The maximum absolute atomic E-state index is 11.1. The summed E-state index contributed by atoms with van der Waals surface area (Å²) in [5.74, 6) is 1.21. The predicted molar refractivity (Wildman–Crippen MR) is 76.3 cm³/mol. The minimum absolute atomic E-state index is 0.159. The van der Waals surface area contributed by atoms with Gasteiger partial charge < -0.3 is 14.2 Å². The molecule has 0 atom stereocenters. The predicted octanol–water partition coefficient (Wildman–Crippen LogP) is 3.16. The zero-order chi connectivity index (χ0) is 14.4. The highest BCUT2D eigenvalue weighted by atomic mass is 16.7. The van der Waals surface area contributed by atoms with Crippen LogP contribution >= 0.6 is 0 Å². The third-order valence-electron chi connectivity index (χ3n) is 2.89. The minimum Gasteiger partial charge on any atom is -0.495 e. The fourth-order valence-corrected chi connectivity index (χ4v) is 2.03. The zero-order valence-corrected chi connectivity index (χ0v) is 11.5. The van der Waals surface area contributed by atoms with Gasteiger partial charge in [0.15, 0.2) is 13.1 Å². The summed E-state index contributed by atoms with van der Waals surface area (Å²) < 4.78 is 15.8. The topological polar surface area (TPSA) is 44.8 Å². The molecule has 0 bridgehead atoms. The van der Waals surface area contributed by atoms with Gasteiger partial charge in [-0.1, -0.05) is 30.3 Å². The van der Waals surface area contributed by atoms with E-state index in [4.69, 9.17) is 14.2 Å². The molecule has 0 N–H and O–H groups in total. The SMILES string of the molecule is COCOc1ccccc1-c1cccc(C=O)c1OC. The van der Waals surface area contributed by atoms with Gasteiger partial charge in [0, 0.05) is 18.2 Å². The summed E-state index contributed by atoms with van der Waals surface area (Å²) >= 11 is 0. The molecule has 0 aliphatic heterocycles. The lowest BCUT2D eigenvalue weighted by Gasteiger charge is -2.14. The molecule has 2 aromatic carbocycles. The summed E-state index contributed by atoms with van der Waals surface area (Å²) in [6.45, 7) is 0.159. The Balaban J connectivity index is 2.53. The maximum Gasteiger partial charge on any atom is 0.188 e. The second-order valence-corrected chi connectivity index (χ2v) is 4.09. The van der Waals surface area contributed by atoms with Crippen molar-refractivity contribution in [2.45, 2.75) is 0 Å². The number of para-hydroxylation sites is 2. The Hall–Kier alpha value is -2.33. The van der Waals surface area contributed by atoms with E-state index in [0.717, 1.165) is 17.4 Å². The molecule has 2 aromatic rings. The lowest BCUT2D eigenvalue weighted by Crippen LogP contribution is -2.01. The van der Waals surface area contributed by atoms with Crippen molar-refractivity contribution in [3.8, 4) is 22.6 Å². The molecule has 20 heavy (non-hydrogen) atoms. The summed E-state index contributed by atoms with van der Waals surface area (Å²) in [7, 11) is 3.11. The zero-order valence-electron chi connectivity index (χ0n) is 11.5. The molecule has 0 amide bonds. The number of hydrogen-bond acceptors (Lipinski definition) is 4. The van der Waals surface area contributed by atoms with Crippen LogP contribution in [0.2, 0.25) is 0 Å². The van der Waals surface area contributed by atoms with E-state index in [2.05, 4.69) is 0 Å². The number of methoxy groups -OCH3 is 2. The third kappa shape index (κ3) is 2.81. The Morgan fingerprint density at radius 1 is 1.00 bits per heavy atom. The molecule has 0 saturated carbocycles. The molecule has 4 nitrogen and oxygen atoms in total. The summed E-state index contributed by atoms with van der Waals surface area (Å²) in [5.41, 5.74) is 2.17. The van der Waals surface area contributed by atoms with Crippen LogP contribution in [-0.2, 0) is 4.74 Å². The molecule has 0 aliphatic carbocycles. The highest BCUT2D eigenvalue weighted by Crippen LogP contribution is 2.37. The Morgan fingerprint density at radius 2 is 1.75 bits per heavy atom. The van der Waals surface area contributed by atoms with Gasteiger partial charge in [-0.15, -0.1) is 0 Å². The van der Waals surface area contributed by atoms with E-state index in [1.807, 2.05) is 36.4 Å². The molecule has 4 heteroatoms. The van der Waals surface area contributed by atoms with Crippen molar-refractivity contribution in [2.75, 3.05) is 21.0 Å². The summed E-state index contributed by atoms with van der Waals surface area (Å²) in [6, 6.07) is 13.0. The first-order valence-corrected chi connectivity index (χ1v) is 6.15. The number of carbonyl (C=O) groups excluding carboxylic acids is 1. The monoisotopic (exact) mass is 272 g/mol. The fourth-order valence-electron chi connectivity index (χ4n) is 2.03. The third-order valence-corrected chi connectivity index (χ3v) is 2.89. The van der Waals surface area contributed by atoms with Gasteiger partial charge in [0.25, 0.3) is 0 Å². The van der Waals surface area contributed by atoms with E-state index in [0.29, 0.717) is 17.1 Å². The van der Waals surface area contributed by atoms with Crippen molar-refractivity contribution in [1.82, 2.24) is 0 Å². The molecule has 104 valence electrons. The molecule has 0 aromatic heterocycles. The average molecular weight is 272 g/mol. The lowest BCUT2D eigenvalue weighted by molar-refractivity contribution is 0.0515. The van der Waals surface area contributed by atoms with Gasteiger partial charge in [0.05, 0.1) is 12.7 Å². The van der Waals surface area contributed by atoms with Crippen molar-refractivity contribution in [3.63, 3.8) is 0 Å². The van der Waals surface area contributed by atoms with Crippen LogP contribution in [0.4, 0.5) is 0 Å². The molecule has 0 spiro atoms. The molecule has 2 rings (SSSR count). The van der Waals surface area contributed by atoms with E-state index in [9.17, 15) is 4.79 Å². The summed E-state index contributed by atoms with van der Waals surface area (Å²) in [5, 5.41) is 0. The molecule has 0 radical (unpaired) electrons. The van der Waals surface area contributed by atoms with E-state index in [-0.39, 0.29) is 6.79 Å². The maximum atomic E-state index is 11.1. The highest BCUT2D eigenvalue weighted by Gasteiger charge is 2.13. The van der Waals surface area contributed by atoms with Crippen LogP contribution < -0.4 is 9.47 Å². The Labute approximate surface area is 117 Å². The van der Waals surface area contributed by atoms with Crippen molar-refractivity contribution in [1.29, 1.82) is 0 Å². The van der Waals surface area contributed by atoms with Gasteiger partial charge in [-0.3, -0.25) is 4.79 Å². The smallest absolute Gasteiger partial charge is 0.188 e. The first-order chi connectivity index (χ1) is 9.81. The standard InChI is InChI=1S/C16H16O4/c1-18-11-20-15-9-4-3-7-13(15)14-8-5-6-12(10-17)16(14)19-2/h3-10H,11H2,1-2H3. The van der Waals surface area contributed by atoms with Crippen molar-refractivity contribution >= 4 is 6.29 Å². The largest absolute Gasteiger partial charge is 0.495 e. The van der Waals surface area contributed by atoms with Crippen LogP contribution in [0.1, 0.15) is 10.4 Å². The molecule has 0 aliphatic rings. The van der Waals surface area contributed by atoms with Crippen LogP contribution in [0, 0.1) is 0 Å². The second-order valence-electron chi connectivity index (χ2n) is 4.09. The number of carbonyl (C=O) groups is 1. The van der Waals surface area contributed by atoms with Crippen LogP contribution in [-0.4, -0.2) is 27.3 Å². The van der Waals surface area contributed by atoms with E-state index in [1.165, 1.54) is 0 Å². The van der Waals surface area contributed by atoms with Crippen LogP contribution in [0.25, 0.3) is 11.1 Å². The number of rotatable bonds is 6. The minimum atomic E-state index is 0.159. The van der Waals surface area contributed by atoms with Crippen LogP contribution in [0.15, 0.2) is 42.5 Å². The van der Waals surface area contributed by atoms with Gasteiger partial charge in [0.1, 0.15) is 11.5 Å². The summed E-state index contributed by atoms with van der Waals surface area (Å²) in [6.07, 6.45) is 0.779. The molecular weight excluding hydrogens is 256 g/mol. The molecular formula is C16H16O4. The van der Waals surface area contributed by atoms with E-state index in [1.54, 1.807) is 20.3 Å². The quantitative estimate of drug-likeness (QED) is 0.598. The molecule has 0 fully saturated rings. The van der Waals surface area contributed by atoms with E-state index < -0.39 is 0 Å².